The summed E-state index contributed by atoms with van der Waals surface area (Å²) in [4.78, 5) is 21.3. The number of piperidine rings is 1. The third kappa shape index (κ3) is 3.32. The lowest BCUT2D eigenvalue weighted by Crippen LogP contribution is -2.56. The Morgan fingerprint density at radius 1 is 1.27 bits per heavy atom. The van der Waals surface area contributed by atoms with E-state index >= 15 is 0 Å². The van der Waals surface area contributed by atoms with E-state index in [1.165, 1.54) is 23.5 Å². The number of piperazine rings is 1. The number of hydrogen-bond donors (Lipinski definition) is 0. The standard InChI is InChI=1S/C19H24F2N4O/c20-18(21)16-12-14-4-3-7-22-19(14)25(16)9-6-17(26)24-11-10-23-8-2-1-5-15(23)13-24/h3-4,7,12,15,18H,1-2,5-6,8-11,13H2/t15-/m0/s1. The predicted octanol–water partition coefficient (Wildman–Crippen LogP) is 3.06. The number of pyridine rings is 1. The average Bonchev–Trinajstić information content (AvgIpc) is 3.04. The lowest BCUT2D eigenvalue weighted by molar-refractivity contribution is -0.135. The number of halogens is 2. The number of rotatable bonds is 4. The zero-order chi connectivity index (χ0) is 18.1. The second kappa shape index (κ2) is 7.31. The van der Waals surface area contributed by atoms with Crippen LogP contribution in [-0.2, 0) is 11.3 Å². The zero-order valence-electron chi connectivity index (χ0n) is 14.8. The Morgan fingerprint density at radius 2 is 2.15 bits per heavy atom. The first-order chi connectivity index (χ1) is 12.6. The normalized spacial score (nSPS) is 21.3. The molecule has 2 saturated heterocycles. The van der Waals surface area contributed by atoms with E-state index in [2.05, 4.69) is 9.88 Å². The van der Waals surface area contributed by atoms with Crippen molar-refractivity contribution in [2.75, 3.05) is 26.2 Å². The highest BCUT2D eigenvalue weighted by molar-refractivity contribution is 5.79. The van der Waals surface area contributed by atoms with Gasteiger partial charge in [0.1, 0.15) is 5.65 Å². The summed E-state index contributed by atoms with van der Waals surface area (Å²) in [5.74, 6) is 0.0493. The Labute approximate surface area is 151 Å². The van der Waals surface area contributed by atoms with Gasteiger partial charge in [-0.15, -0.1) is 0 Å². The van der Waals surface area contributed by atoms with Gasteiger partial charge >= 0.3 is 0 Å². The van der Waals surface area contributed by atoms with Gasteiger partial charge < -0.3 is 9.47 Å². The van der Waals surface area contributed by atoms with Crippen LogP contribution >= 0.6 is 0 Å². The SMILES string of the molecule is O=C(CCn1c(C(F)F)cc2cccnc21)N1CCN2CCCC[C@H]2C1. The summed E-state index contributed by atoms with van der Waals surface area (Å²) in [6.07, 6.45) is 2.86. The van der Waals surface area contributed by atoms with E-state index in [-0.39, 0.29) is 24.6 Å². The van der Waals surface area contributed by atoms with Crippen LogP contribution in [0.3, 0.4) is 0 Å². The van der Waals surface area contributed by atoms with E-state index in [9.17, 15) is 13.6 Å². The van der Waals surface area contributed by atoms with E-state index in [1.54, 1.807) is 18.3 Å². The van der Waals surface area contributed by atoms with Gasteiger partial charge in [0, 0.05) is 50.2 Å². The Balaban J connectivity index is 1.45. The predicted molar refractivity (Wildman–Crippen MR) is 95.1 cm³/mol. The fourth-order valence-corrected chi connectivity index (χ4v) is 4.27. The smallest absolute Gasteiger partial charge is 0.278 e. The van der Waals surface area contributed by atoms with Crippen molar-refractivity contribution in [3.8, 4) is 0 Å². The van der Waals surface area contributed by atoms with E-state index in [4.69, 9.17) is 0 Å². The maximum absolute atomic E-state index is 13.4. The summed E-state index contributed by atoms with van der Waals surface area (Å²) >= 11 is 0. The van der Waals surface area contributed by atoms with E-state index in [1.807, 2.05) is 4.90 Å². The molecular formula is C19H24F2N4O. The lowest BCUT2D eigenvalue weighted by atomic mass is 9.99. The molecule has 4 rings (SSSR count). The third-order valence-corrected chi connectivity index (χ3v) is 5.65. The van der Waals surface area contributed by atoms with E-state index in [0.717, 1.165) is 32.6 Å². The van der Waals surface area contributed by atoms with Gasteiger partial charge in [-0.3, -0.25) is 9.69 Å². The number of nitrogens with zero attached hydrogens (tertiary/aromatic N) is 4. The van der Waals surface area contributed by atoms with Crippen LogP contribution in [0.15, 0.2) is 24.4 Å². The second-order valence-corrected chi connectivity index (χ2v) is 7.21. The molecular weight excluding hydrogens is 338 g/mol. The highest BCUT2D eigenvalue weighted by Crippen LogP contribution is 2.27. The fraction of sp³-hybridized carbons (Fsp3) is 0.579. The molecule has 0 bridgehead atoms. The quantitative estimate of drug-likeness (QED) is 0.839. The van der Waals surface area contributed by atoms with Crippen LogP contribution in [0.2, 0.25) is 0 Å². The summed E-state index contributed by atoms with van der Waals surface area (Å²) in [6.45, 7) is 3.80. The number of amides is 1. The second-order valence-electron chi connectivity index (χ2n) is 7.21. The van der Waals surface area contributed by atoms with Crippen LogP contribution in [-0.4, -0.2) is 57.5 Å². The maximum Gasteiger partial charge on any atom is 0.278 e. The summed E-state index contributed by atoms with van der Waals surface area (Å²) in [6, 6.07) is 5.44. The molecule has 0 N–H and O–H groups in total. The molecule has 4 heterocycles. The Kier molecular flexibility index (Phi) is 4.89. The van der Waals surface area contributed by atoms with E-state index in [0.29, 0.717) is 17.1 Å². The number of fused-ring (bicyclic) bond motifs is 2. The third-order valence-electron chi connectivity index (χ3n) is 5.65. The first-order valence-corrected chi connectivity index (χ1v) is 9.37. The van der Waals surface area contributed by atoms with Crippen molar-refractivity contribution in [3.05, 3.63) is 30.1 Å². The van der Waals surface area contributed by atoms with Crippen LogP contribution in [0.25, 0.3) is 11.0 Å². The molecule has 0 saturated carbocycles. The molecule has 0 aliphatic carbocycles. The molecule has 5 nitrogen and oxygen atoms in total. The molecule has 2 aliphatic heterocycles. The maximum atomic E-state index is 13.4. The van der Waals surface area contributed by atoms with Crippen molar-refractivity contribution in [1.82, 2.24) is 19.4 Å². The van der Waals surface area contributed by atoms with Gasteiger partial charge in [0.05, 0.1) is 5.69 Å². The number of hydrogen-bond acceptors (Lipinski definition) is 3. The number of carbonyl (C=O) groups is 1. The Morgan fingerprint density at radius 3 is 3.00 bits per heavy atom. The van der Waals surface area contributed by atoms with Gasteiger partial charge in [-0.1, -0.05) is 6.42 Å². The van der Waals surface area contributed by atoms with Gasteiger partial charge in [0.25, 0.3) is 6.43 Å². The molecule has 7 heteroatoms. The lowest BCUT2D eigenvalue weighted by Gasteiger charge is -2.44. The molecule has 2 aliphatic rings. The summed E-state index contributed by atoms with van der Waals surface area (Å²) in [5, 5.41) is 0.686. The number of aromatic nitrogens is 2. The Hall–Kier alpha value is -2.02. The van der Waals surface area contributed by atoms with Gasteiger partial charge in [-0.05, 0) is 37.6 Å². The van der Waals surface area contributed by atoms with E-state index < -0.39 is 6.43 Å². The molecule has 2 fully saturated rings. The minimum atomic E-state index is -2.58. The summed E-state index contributed by atoms with van der Waals surface area (Å²) in [5.41, 5.74) is 0.455. The van der Waals surface area contributed by atoms with Gasteiger partial charge in [0.2, 0.25) is 5.91 Å². The molecule has 0 aromatic carbocycles. The number of carbonyl (C=O) groups excluding carboxylic acids is 1. The van der Waals surface area contributed by atoms with Gasteiger partial charge in [0.15, 0.2) is 0 Å². The van der Waals surface area contributed by atoms with Crippen LogP contribution < -0.4 is 0 Å². The van der Waals surface area contributed by atoms with Crippen molar-refractivity contribution in [2.24, 2.45) is 0 Å². The first-order valence-electron chi connectivity index (χ1n) is 9.37. The topological polar surface area (TPSA) is 41.4 Å². The molecule has 2 aromatic heterocycles. The molecule has 2 aromatic rings. The molecule has 1 amide bonds. The van der Waals surface area contributed by atoms with Crippen molar-refractivity contribution < 1.29 is 13.6 Å². The minimum Gasteiger partial charge on any atom is -0.340 e. The van der Waals surface area contributed by atoms with Crippen molar-refractivity contribution in [3.63, 3.8) is 0 Å². The first kappa shape index (κ1) is 17.4. The summed E-state index contributed by atoms with van der Waals surface area (Å²) in [7, 11) is 0. The van der Waals surface area contributed by atoms with Crippen LogP contribution in [0.5, 0.6) is 0 Å². The van der Waals surface area contributed by atoms with Crippen LogP contribution in [0.1, 0.15) is 37.8 Å². The number of aryl methyl sites for hydroxylation is 1. The Bertz CT molecular complexity index is 791. The molecule has 0 unspecified atom stereocenters. The highest BCUT2D eigenvalue weighted by Gasteiger charge is 2.31. The van der Waals surface area contributed by atoms with Crippen molar-refractivity contribution in [1.29, 1.82) is 0 Å². The summed E-state index contributed by atoms with van der Waals surface area (Å²) < 4.78 is 28.3. The zero-order valence-corrected chi connectivity index (χ0v) is 14.8. The highest BCUT2D eigenvalue weighted by atomic mass is 19.3. The van der Waals surface area contributed by atoms with Crippen molar-refractivity contribution >= 4 is 16.9 Å². The molecule has 0 radical (unpaired) electrons. The monoisotopic (exact) mass is 362 g/mol. The van der Waals surface area contributed by atoms with Gasteiger partial charge in [-0.2, -0.15) is 0 Å². The number of alkyl halides is 2. The molecule has 1 atom stereocenters. The van der Waals surface area contributed by atoms with Crippen LogP contribution in [0.4, 0.5) is 8.78 Å². The fourth-order valence-electron chi connectivity index (χ4n) is 4.27. The van der Waals surface area contributed by atoms with Gasteiger partial charge in [-0.25, -0.2) is 13.8 Å². The molecule has 140 valence electrons. The average molecular weight is 362 g/mol. The minimum absolute atomic E-state index is 0.0493. The molecule has 26 heavy (non-hydrogen) atoms. The largest absolute Gasteiger partial charge is 0.340 e. The van der Waals surface area contributed by atoms with Crippen molar-refractivity contribution in [2.45, 2.75) is 44.7 Å². The molecule has 0 spiro atoms. The van der Waals surface area contributed by atoms with Crippen LogP contribution in [0, 0.1) is 0 Å².